The molecular formula is C21H19ClN6O3. The highest BCUT2D eigenvalue weighted by Gasteiger charge is 2.42. The lowest BCUT2D eigenvalue weighted by atomic mass is 10.0. The van der Waals surface area contributed by atoms with Gasteiger partial charge in [-0.25, -0.2) is 19.7 Å². The number of rotatable bonds is 3. The number of benzene rings is 1. The van der Waals surface area contributed by atoms with Gasteiger partial charge >= 0.3 is 6.09 Å². The van der Waals surface area contributed by atoms with Gasteiger partial charge in [-0.3, -0.25) is 9.69 Å². The van der Waals surface area contributed by atoms with Crippen LogP contribution in [0.3, 0.4) is 0 Å². The summed E-state index contributed by atoms with van der Waals surface area (Å²) in [5, 5.41) is 2.85. The van der Waals surface area contributed by atoms with Gasteiger partial charge in [-0.1, -0.05) is 18.2 Å². The summed E-state index contributed by atoms with van der Waals surface area (Å²) in [4.78, 5) is 42.9. The predicted molar refractivity (Wildman–Crippen MR) is 113 cm³/mol. The first-order valence-electron chi connectivity index (χ1n) is 9.86. The van der Waals surface area contributed by atoms with Crippen molar-refractivity contribution in [3.63, 3.8) is 0 Å². The van der Waals surface area contributed by atoms with Crippen molar-refractivity contribution in [2.75, 3.05) is 12.0 Å². The molecule has 0 fully saturated rings. The number of ether oxygens (including phenoxy) is 1. The number of imidazole rings is 1. The van der Waals surface area contributed by atoms with E-state index in [2.05, 4.69) is 25.3 Å². The Hall–Kier alpha value is -3.46. The second kappa shape index (κ2) is 7.66. The van der Waals surface area contributed by atoms with Crippen LogP contribution in [0.25, 0.3) is 11.3 Å². The largest absolute Gasteiger partial charge is 0.453 e. The molecule has 2 aromatic heterocycles. The molecule has 10 heteroatoms. The van der Waals surface area contributed by atoms with Crippen LogP contribution in [0.2, 0.25) is 5.28 Å². The molecule has 2 aliphatic heterocycles. The molecule has 0 bridgehead atoms. The summed E-state index contributed by atoms with van der Waals surface area (Å²) in [6.45, 7) is 0. The summed E-state index contributed by atoms with van der Waals surface area (Å²) in [5.41, 5.74) is 4.56. The summed E-state index contributed by atoms with van der Waals surface area (Å²) in [7, 11) is 1.28. The van der Waals surface area contributed by atoms with Crippen molar-refractivity contribution in [3.8, 4) is 11.3 Å². The summed E-state index contributed by atoms with van der Waals surface area (Å²) in [5.74, 6) is 0.478. The van der Waals surface area contributed by atoms with Gasteiger partial charge in [0.05, 0.1) is 30.7 Å². The van der Waals surface area contributed by atoms with Crippen LogP contribution in [0.4, 0.5) is 10.5 Å². The monoisotopic (exact) mass is 438 g/mol. The van der Waals surface area contributed by atoms with Crippen molar-refractivity contribution in [3.05, 3.63) is 59.0 Å². The number of hydrogen-bond donors (Lipinski definition) is 2. The molecule has 0 radical (unpaired) electrons. The average Bonchev–Trinajstić information content (AvgIpc) is 3.38. The fourth-order valence-electron chi connectivity index (χ4n) is 4.29. The molecule has 0 unspecified atom stereocenters. The topological polar surface area (TPSA) is 113 Å². The average molecular weight is 439 g/mol. The van der Waals surface area contributed by atoms with E-state index in [1.54, 1.807) is 23.5 Å². The van der Waals surface area contributed by atoms with Crippen LogP contribution in [0.1, 0.15) is 29.4 Å². The SMILES string of the molecule is COC(=O)N[C@H]1CCc2cccc3c2N(C1=O)[C@H](c1ncc(-c2cnc(Cl)nc2)[nH]1)C3. The van der Waals surface area contributed by atoms with E-state index in [1.807, 2.05) is 18.2 Å². The fourth-order valence-corrected chi connectivity index (χ4v) is 4.39. The number of H-pyrrole nitrogens is 1. The normalized spacial score (nSPS) is 19.7. The molecule has 9 nitrogen and oxygen atoms in total. The molecule has 0 spiro atoms. The number of methoxy groups -OCH3 is 1. The van der Waals surface area contributed by atoms with Crippen LogP contribution in [0.15, 0.2) is 36.8 Å². The van der Waals surface area contributed by atoms with Crippen LogP contribution >= 0.6 is 11.6 Å². The number of alkyl carbamates (subject to hydrolysis) is 1. The van der Waals surface area contributed by atoms with Gasteiger partial charge in [-0.2, -0.15) is 0 Å². The van der Waals surface area contributed by atoms with E-state index in [0.29, 0.717) is 25.1 Å². The highest BCUT2D eigenvalue weighted by atomic mass is 35.5. The van der Waals surface area contributed by atoms with Gasteiger partial charge in [0.15, 0.2) is 0 Å². The number of aromatic amines is 1. The second-order valence-electron chi connectivity index (χ2n) is 7.50. The lowest BCUT2D eigenvalue weighted by molar-refractivity contribution is -0.121. The zero-order chi connectivity index (χ0) is 21.5. The zero-order valence-electron chi connectivity index (χ0n) is 16.6. The molecule has 2 aliphatic rings. The first-order chi connectivity index (χ1) is 15.0. The van der Waals surface area contributed by atoms with Crippen LogP contribution in [-0.4, -0.2) is 45.1 Å². The summed E-state index contributed by atoms with van der Waals surface area (Å²) in [6, 6.07) is 5.08. The quantitative estimate of drug-likeness (QED) is 0.608. The Morgan fingerprint density at radius 3 is 2.77 bits per heavy atom. The van der Waals surface area contributed by atoms with E-state index in [4.69, 9.17) is 16.3 Å². The molecule has 2 amide bonds. The van der Waals surface area contributed by atoms with Crippen molar-refractivity contribution in [1.29, 1.82) is 0 Å². The molecule has 0 saturated heterocycles. The van der Waals surface area contributed by atoms with Crippen LogP contribution in [0, 0.1) is 0 Å². The van der Waals surface area contributed by atoms with Crippen molar-refractivity contribution in [2.45, 2.75) is 31.3 Å². The maximum atomic E-state index is 13.5. The number of carbonyl (C=O) groups is 2. The van der Waals surface area contributed by atoms with Gasteiger partial charge in [-0.05, 0) is 35.6 Å². The Balaban J connectivity index is 1.52. The van der Waals surface area contributed by atoms with Crippen molar-refractivity contribution < 1.29 is 14.3 Å². The minimum Gasteiger partial charge on any atom is -0.453 e. The van der Waals surface area contributed by atoms with Gasteiger partial charge in [-0.15, -0.1) is 0 Å². The molecular weight excluding hydrogens is 420 g/mol. The van der Waals surface area contributed by atoms with Gasteiger partial charge < -0.3 is 15.0 Å². The van der Waals surface area contributed by atoms with Crippen LogP contribution < -0.4 is 10.2 Å². The number of halogens is 1. The van der Waals surface area contributed by atoms with Gasteiger partial charge in [0.25, 0.3) is 0 Å². The molecule has 158 valence electrons. The second-order valence-corrected chi connectivity index (χ2v) is 7.84. The molecule has 5 rings (SSSR count). The van der Waals surface area contributed by atoms with Crippen LogP contribution in [-0.2, 0) is 22.4 Å². The van der Waals surface area contributed by atoms with E-state index in [9.17, 15) is 9.59 Å². The fraction of sp³-hybridized carbons (Fsp3) is 0.286. The van der Waals surface area contributed by atoms with E-state index in [-0.39, 0.29) is 17.2 Å². The number of aromatic nitrogens is 4. The molecule has 4 heterocycles. The van der Waals surface area contributed by atoms with Gasteiger partial charge in [0, 0.05) is 24.4 Å². The minimum absolute atomic E-state index is 0.168. The van der Waals surface area contributed by atoms with Gasteiger partial charge in [0.1, 0.15) is 11.9 Å². The summed E-state index contributed by atoms with van der Waals surface area (Å²) < 4.78 is 4.71. The smallest absolute Gasteiger partial charge is 0.407 e. The number of aryl methyl sites for hydroxylation is 1. The maximum absolute atomic E-state index is 13.5. The van der Waals surface area contributed by atoms with Crippen molar-refractivity contribution in [2.24, 2.45) is 0 Å². The summed E-state index contributed by atoms with van der Waals surface area (Å²) >= 11 is 5.78. The number of anilines is 1. The summed E-state index contributed by atoms with van der Waals surface area (Å²) in [6.07, 6.45) is 6.10. The third-order valence-electron chi connectivity index (χ3n) is 5.73. The Bertz CT molecular complexity index is 1160. The molecule has 2 N–H and O–H groups in total. The molecule has 31 heavy (non-hydrogen) atoms. The highest BCUT2D eigenvalue weighted by Crippen LogP contribution is 2.44. The van der Waals surface area contributed by atoms with E-state index >= 15 is 0 Å². The Morgan fingerprint density at radius 1 is 1.23 bits per heavy atom. The molecule has 0 aliphatic carbocycles. The lowest BCUT2D eigenvalue weighted by Crippen LogP contribution is -2.48. The first kappa shape index (κ1) is 19.5. The van der Waals surface area contributed by atoms with E-state index in [1.165, 1.54) is 7.11 Å². The third-order valence-corrected chi connectivity index (χ3v) is 5.92. The van der Waals surface area contributed by atoms with Gasteiger partial charge in [0.2, 0.25) is 11.2 Å². The van der Waals surface area contributed by atoms with E-state index < -0.39 is 12.1 Å². The highest BCUT2D eigenvalue weighted by molar-refractivity contribution is 6.28. The van der Waals surface area contributed by atoms with Crippen LogP contribution in [0.5, 0.6) is 0 Å². The minimum atomic E-state index is -0.674. The third kappa shape index (κ3) is 3.40. The number of nitrogens with zero attached hydrogens (tertiary/aromatic N) is 4. The number of amides is 2. The zero-order valence-corrected chi connectivity index (χ0v) is 17.4. The lowest BCUT2D eigenvalue weighted by Gasteiger charge is -2.27. The number of para-hydroxylation sites is 1. The Kier molecular flexibility index (Phi) is 4.82. The maximum Gasteiger partial charge on any atom is 0.407 e. The predicted octanol–water partition coefficient (Wildman–Crippen LogP) is 2.82. The Morgan fingerprint density at radius 2 is 2.00 bits per heavy atom. The molecule has 1 aromatic carbocycles. The number of nitrogens with one attached hydrogen (secondary N) is 2. The number of carbonyl (C=O) groups excluding carboxylic acids is 2. The van der Waals surface area contributed by atoms with E-state index in [0.717, 1.165) is 28.1 Å². The van der Waals surface area contributed by atoms with Crippen molar-refractivity contribution in [1.82, 2.24) is 25.3 Å². The van der Waals surface area contributed by atoms with Crippen molar-refractivity contribution >= 4 is 29.3 Å². The first-order valence-corrected chi connectivity index (χ1v) is 10.2. The number of hydrogen-bond acceptors (Lipinski definition) is 6. The Labute approximate surface area is 182 Å². The molecule has 3 aromatic rings. The standard InChI is InChI=1S/C21H19ClN6O3/c1-31-21(30)27-14-6-5-11-3-2-4-12-7-16(28(17(11)12)19(14)29)18-23-10-15(26-18)13-8-24-20(22)25-9-13/h2-4,8-10,14,16H,5-7H2,1H3,(H,23,26)(H,27,30)/t14-,16-/m0/s1. The molecule has 2 atom stereocenters. The molecule has 0 saturated carbocycles.